The van der Waals surface area contributed by atoms with Crippen LogP contribution < -0.4 is 5.32 Å². The lowest BCUT2D eigenvalue weighted by Crippen LogP contribution is -2.14. The Labute approximate surface area is 154 Å². The van der Waals surface area contributed by atoms with Crippen molar-refractivity contribution in [2.24, 2.45) is 0 Å². The highest BCUT2D eigenvalue weighted by atomic mass is 16.5. The third kappa shape index (κ3) is 3.52. The van der Waals surface area contributed by atoms with E-state index in [0.717, 1.165) is 5.39 Å². The first-order valence-corrected chi connectivity index (χ1v) is 8.05. The first-order valence-electron chi connectivity index (χ1n) is 8.05. The predicted octanol–water partition coefficient (Wildman–Crippen LogP) is 3.57. The Bertz CT molecular complexity index is 1020. The van der Waals surface area contributed by atoms with Gasteiger partial charge in [-0.1, -0.05) is 18.2 Å². The summed E-state index contributed by atoms with van der Waals surface area (Å²) in [5.41, 5.74) is 1.75. The summed E-state index contributed by atoms with van der Waals surface area (Å²) in [6, 6.07) is 11.5. The van der Waals surface area contributed by atoms with E-state index in [1.165, 1.54) is 32.4 Å². The van der Waals surface area contributed by atoms with Gasteiger partial charge in [0.15, 0.2) is 5.76 Å². The molecule has 0 unspecified atom stereocenters. The predicted molar refractivity (Wildman–Crippen MR) is 98.0 cm³/mol. The second-order valence-corrected chi connectivity index (χ2v) is 5.79. The highest BCUT2D eigenvalue weighted by Gasteiger charge is 2.19. The molecule has 1 amide bonds. The Morgan fingerprint density at radius 2 is 1.52 bits per heavy atom. The molecule has 138 valence electrons. The van der Waals surface area contributed by atoms with Crippen molar-refractivity contribution in [2.45, 2.75) is 6.92 Å². The maximum atomic E-state index is 12.7. The molecule has 27 heavy (non-hydrogen) atoms. The normalized spacial score (nSPS) is 10.5. The average Bonchev–Trinajstić information content (AvgIpc) is 3.03. The molecule has 0 aliphatic rings. The Balaban J connectivity index is 1.98. The summed E-state index contributed by atoms with van der Waals surface area (Å²) in [4.78, 5) is 36.4. The molecule has 2 aromatic carbocycles. The minimum Gasteiger partial charge on any atom is -0.465 e. The molecular weight excluding hydrogens is 350 g/mol. The lowest BCUT2D eigenvalue weighted by Gasteiger charge is -2.09. The fourth-order valence-electron chi connectivity index (χ4n) is 2.75. The number of aryl methyl sites for hydroxylation is 1. The van der Waals surface area contributed by atoms with Gasteiger partial charge in [-0.15, -0.1) is 0 Å². The molecule has 7 nitrogen and oxygen atoms in total. The maximum Gasteiger partial charge on any atom is 0.337 e. The van der Waals surface area contributed by atoms with Crippen LogP contribution in [0.5, 0.6) is 0 Å². The van der Waals surface area contributed by atoms with Gasteiger partial charge in [0, 0.05) is 16.6 Å². The standard InChI is InChI=1S/C20H17NO6/c1-11-15-6-4-5-7-16(15)27-17(11)18(22)21-14-9-12(19(23)25-2)8-13(10-14)20(24)26-3/h4-10H,1-3H3,(H,21,22). The molecule has 0 saturated carbocycles. The van der Waals surface area contributed by atoms with Gasteiger partial charge >= 0.3 is 11.9 Å². The van der Waals surface area contributed by atoms with Crippen LogP contribution in [-0.4, -0.2) is 32.1 Å². The van der Waals surface area contributed by atoms with E-state index < -0.39 is 17.8 Å². The molecule has 3 rings (SSSR count). The lowest BCUT2D eigenvalue weighted by atomic mass is 10.1. The van der Waals surface area contributed by atoms with Gasteiger partial charge in [0.2, 0.25) is 0 Å². The Kier molecular flexibility index (Phi) is 4.94. The van der Waals surface area contributed by atoms with Gasteiger partial charge in [-0.05, 0) is 31.2 Å². The van der Waals surface area contributed by atoms with Crippen molar-refractivity contribution < 1.29 is 28.3 Å². The van der Waals surface area contributed by atoms with Crippen LogP contribution >= 0.6 is 0 Å². The van der Waals surface area contributed by atoms with E-state index in [1.54, 1.807) is 13.0 Å². The van der Waals surface area contributed by atoms with Crippen LogP contribution in [0.3, 0.4) is 0 Å². The number of benzene rings is 2. The van der Waals surface area contributed by atoms with Gasteiger partial charge in [0.05, 0.1) is 25.3 Å². The number of anilines is 1. The molecule has 0 aliphatic heterocycles. The van der Waals surface area contributed by atoms with E-state index in [9.17, 15) is 14.4 Å². The fourth-order valence-corrected chi connectivity index (χ4v) is 2.75. The van der Waals surface area contributed by atoms with Crippen LogP contribution in [-0.2, 0) is 9.47 Å². The Morgan fingerprint density at radius 3 is 2.07 bits per heavy atom. The SMILES string of the molecule is COC(=O)c1cc(NC(=O)c2oc3ccccc3c2C)cc(C(=O)OC)c1. The number of rotatable bonds is 4. The molecule has 3 aromatic rings. The second-order valence-electron chi connectivity index (χ2n) is 5.79. The summed E-state index contributed by atoms with van der Waals surface area (Å²) in [5, 5.41) is 3.48. The molecule has 0 aliphatic carbocycles. The first kappa shape index (κ1) is 18.2. The minimum absolute atomic E-state index is 0.108. The van der Waals surface area contributed by atoms with E-state index in [1.807, 2.05) is 18.2 Å². The first-order chi connectivity index (χ1) is 12.9. The Hall–Kier alpha value is -3.61. The van der Waals surface area contributed by atoms with Crippen molar-refractivity contribution in [2.75, 3.05) is 19.5 Å². The zero-order valence-electron chi connectivity index (χ0n) is 15.0. The zero-order valence-corrected chi connectivity index (χ0v) is 15.0. The Morgan fingerprint density at radius 1 is 0.926 bits per heavy atom. The van der Waals surface area contributed by atoms with Crippen LogP contribution in [0.15, 0.2) is 46.9 Å². The van der Waals surface area contributed by atoms with Crippen LogP contribution in [0, 0.1) is 6.92 Å². The fraction of sp³-hybridized carbons (Fsp3) is 0.150. The molecule has 0 radical (unpaired) electrons. The van der Waals surface area contributed by atoms with Crippen LogP contribution in [0.1, 0.15) is 36.8 Å². The number of hydrogen-bond donors (Lipinski definition) is 1. The van der Waals surface area contributed by atoms with Crippen molar-refractivity contribution >= 4 is 34.5 Å². The van der Waals surface area contributed by atoms with Crippen molar-refractivity contribution in [3.05, 3.63) is 64.9 Å². The van der Waals surface area contributed by atoms with Gasteiger partial charge in [-0.2, -0.15) is 0 Å². The number of hydrogen-bond acceptors (Lipinski definition) is 6. The molecule has 0 fully saturated rings. The second kappa shape index (κ2) is 7.33. The molecule has 1 heterocycles. The van der Waals surface area contributed by atoms with Gasteiger partial charge in [-0.25, -0.2) is 9.59 Å². The third-order valence-electron chi connectivity index (χ3n) is 4.08. The molecule has 1 N–H and O–H groups in total. The monoisotopic (exact) mass is 367 g/mol. The number of esters is 2. The summed E-state index contributed by atoms with van der Waals surface area (Å²) < 4.78 is 15.0. The number of nitrogens with one attached hydrogen (secondary N) is 1. The summed E-state index contributed by atoms with van der Waals surface area (Å²) >= 11 is 0. The van der Waals surface area contributed by atoms with Crippen LogP contribution in [0.2, 0.25) is 0 Å². The van der Waals surface area contributed by atoms with Gasteiger partial charge in [0.1, 0.15) is 5.58 Å². The number of fused-ring (bicyclic) bond motifs is 1. The van der Waals surface area contributed by atoms with Crippen molar-refractivity contribution in [1.82, 2.24) is 0 Å². The van der Waals surface area contributed by atoms with E-state index in [-0.39, 0.29) is 22.6 Å². The van der Waals surface area contributed by atoms with E-state index in [4.69, 9.17) is 4.42 Å². The van der Waals surface area contributed by atoms with Crippen molar-refractivity contribution in [3.63, 3.8) is 0 Å². The number of amides is 1. The molecular formula is C20H17NO6. The van der Waals surface area contributed by atoms with Gasteiger partial charge in [-0.3, -0.25) is 4.79 Å². The lowest BCUT2D eigenvalue weighted by molar-refractivity contribution is 0.0599. The highest BCUT2D eigenvalue weighted by Crippen LogP contribution is 2.26. The van der Waals surface area contributed by atoms with Crippen LogP contribution in [0.4, 0.5) is 5.69 Å². The summed E-state index contributed by atoms with van der Waals surface area (Å²) in [6.07, 6.45) is 0. The molecule has 0 saturated heterocycles. The van der Waals surface area contributed by atoms with Crippen molar-refractivity contribution in [3.8, 4) is 0 Å². The van der Waals surface area contributed by atoms with E-state index in [0.29, 0.717) is 11.1 Å². The number of methoxy groups -OCH3 is 2. The molecule has 1 aromatic heterocycles. The summed E-state index contributed by atoms with van der Waals surface area (Å²) in [7, 11) is 2.45. The third-order valence-corrected chi connectivity index (χ3v) is 4.08. The highest BCUT2D eigenvalue weighted by molar-refractivity contribution is 6.07. The number of furan rings is 1. The van der Waals surface area contributed by atoms with Crippen LogP contribution in [0.25, 0.3) is 11.0 Å². The zero-order chi connectivity index (χ0) is 19.6. The minimum atomic E-state index is -0.642. The summed E-state index contributed by atoms with van der Waals surface area (Å²) in [5.74, 6) is -1.63. The number of carbonyl (C=O) groups is 3. The number of ether oxygens (including phenoxy) is 2. The molecule has 0 spiro atoms. The quantitative estimate of drug-likeness (QED) is 0.709. The largest absolute Gasteiger partial charge is 0.465 e. The maximum absolute atomic E-state index is 12.7. The molecule has 0 atom stereocenters. The number of carbonyl (C=O) groups excluding carboxylic acids is 3. The van der Waals surface area contributed by atoms with E-state index in [2.05, 4.69) is 14.8 Å². The van der Waals surface area contributed by atoms with Gasteiger partial charge in [0.25, 0.3) is 5.91 Å². The van der Waals surface area contributed by atoms with Crippen molar-refractivity contribution in [1.29, 1.82) is 0 Å². The van der Waals surface area contributed by atoms with E-state index >= 15 is 0 Å². The average molecular weight is 367 g/mol. The van der Waals surface area contributed by atoms with Gasteiger partial charge < -0.3 is 19.2 Å². The molecule has 7 heteroatoms. The molecule has 0 bridgehead atoms. The smallest absolute Gasteiger partial charge is 0.337 e. The summed E-state index contributed by atoms with van der Waals surface area (Å²) in [6.45, 7) is 1.78. The topological polar surface area (TPSA) is 94.8 Å². The number of para-hydroxylation sites is 1.